The van der Waals surface area contributed by atoms with Crippen LogP contribution in [0.3, 0.4) is 0 Å². The normalized spacial score (nSPS) is 12.1. The Bertz CT molecular complexity index is 756. The molecule has 27 heavy (non-hydrogen) atoms. The Hall–Kier alpha value is -2.14. The molecule has 0 aliphatic heterocycles. The van der Waals surface area contributed by atoms with Crippen LogP contribution in [0.2, 0.25) is 0 Å². The van der Waals surface area contributed by atoms with Gasteiger partial charge < -0.3 is 15.5 Å². The van der Waals surface area contributed by atoms with Gasteiger partial charge in [0.1, 0.15) is 6.54 Å². The summed E-state index contributed by atoms with van der Waals surface area (Å²) in [6.07, 6.45) is -4.11. The topological polar surface area (TPSA) is 69.6 Å². The van der Waals surface area contributed by atoms with Crippen molar-refractivity contribution in [2.75, 3.05) is 27.2 Å². The van der Waals surface area contributed by atoms with Crippen LogP contribution < -0.4 is 10.6 Å². The Morgan fingerprint density at radius 2 is 2.07 bits per heavy atom. The maximum Gasteiger partial charge on any atom is 0.434 e. The van der Waals surface area contributed by atoms with E-state index in [1.54, 1.807) is 25.4 Å². The van der Waals surface area contributed by atoms with E-state index in [2.05, 4.69) is 20.6 Å². The van der Waals surface area contributed by atoms with Gasteiger partial charge in [-0.2, -0.15) is 13.2 Å². The summed E-state index contributed by atoms with van der Waals surface area (Å²) in [5.74, 6) is 0.271. The first-order valence-electron chi connectivity index (χ1n) is 8.02. The molecule has 2 heterocycles. The zero-order valence-electron chi connectivity index (χ0n) is 14.8. The molecule has 2 aromatic rings. The maximum absolute atomic E-state index is 12.6. The number of thiazole rings is 1. The SMILES string of the molecule is CN(C)C(=O)CN=C(NCCc1nc(C(F)(F)F)cs1)NCc1cccs1. The number of thiophene rings is 1. The highest BCUT2D eigenvalue weighted by atomic mass is 32.1. The van der Waals surface area contributed by atoms with Crippen molar-refractivity contribution >= 4 is 34.5 Å². The van der Waals surface area contributed by atoms with Crippen molar-refractivity contribution in [2.24, 2.45) is 4.99 Å². The van der Waals surface area contributed by atoms with Gasteiger partial charge in [0.15, 0.2) is 11.7 Å². The van der Waals surface area contributed by atoms with E-state index in [1.807, 2.05) is 17.5 Å². The third-order valence-corrected chi connectivity index (χ3v) is 5.14. The number of hydrogen-bond donors (Lipinski definition) is 2. The van der Waals surface area contributed by atoms with Gasteiger partial charge in [0.2, 0.25) is 5.91 Å². The Morgan fingerprint density at radius 3 is 2.67 bits per heavy atom. The molecule has 0 atom stereocenters. The molecule has 0 spiro atoms. The average Bonchev–Trinajstić information content (AvgIpc) is 3.27. The van der Waals surface area contributed by atoms with Crippen molar-refractivity contribution in [1.29, 1.82) is 0 Å². The zero-order chi connectivity index (χ0) is 19.9. The van der Waals surface area contributed by atoms with Gasteiger partial charge in [-0.3, -0.25) is 4.79 Å². The van der Waals surface area contributed by atoms with Crippen LogP contribution in [0.15, 0.2) is 27.9 Å². The van der Waals surface area contributed by atoms with Crippen LogP contribution in [-0.4, -0.2) is 48.9 Å². The predicted octanol–water partition coefficient (Wildman–Crippen LogP) is 2.59. The highest BCUT2D eigenvalue weighted by Gasteiger charge is 2.33. The van der Waals surface area contributed by atoms with Gasteiger partial charge in [0, 0.05) is 37.3 Å². The van der Waals surface area contributed by atoms with E-state index < -0.39 is 11.9 Å². The number of nitrogens with zero attached hydrogens (tertiary/aromatic N) is 3. The molecule has 2 rings (SSSR count). The largest absolute Gasteiger partial charge is 0.434 e. The number of guanidine groups is 1. The molecule has 1 amide bonds. The summed E-state index contributed by atoms with van der Waals surface area (Å²) in [6, 6.07) is 3.90. The molecular formula is C16H20F3N5OS2. The number of alkyl halides is 3. The van der Waals surface area contributed by atoms with Gasteiger partial charge in [-0.1, -0.05) is 6.07 Å². The predicted molar refractivity (Wildman–Crippen MR) is 101 cm³/mol. The van der Waals surface area contributed by atoms with Gasteiger partial charge >= 0.3 is 6.18 Å². The number of carbonyl (C=O) groups is 1. The molecule has 0 aliphatic rings. The summed E-state index contributed by atoms with van der Waals surface area (Å²) in [5.41, 5.74) is -0.871. The third-order valence-electron chi connectivity index (χ3n) is 3.35. The molecule has 0 fully saturated rings. The van der Waals surface area contributed by atoms with Crippen LogP contribution in [0.5, 0.6) is 0 Å². The summed E-state index contributed by atoms with van der Waals surface area (Å²) < 4.78 is 37.8. The second kappa shape index (κ2) is 9.70. The minimum absolute atomic E-state index is 0.0255. The highest BCUT2D eigenvalue weighted by molar-refractivity contribution is 7.10. The fraction of sp³-hybridized carbons (Fsp3) is 0.438. The van der Waals surface area contributed by atoms with E-state index in [9.17, 15) is 18.0 Å². The first kappa shape index (κ1) is 21.2. The lowest BCUT2D eigenvalue weighted by atomic mass is 10.4. The number of aromatic nitrogens is 1. The van der Waals surface area contributed by atoms with Gasteiger partial charge in [-0.25, -0.2) is 9.98 Å². The van der Waals surface area contributed by atoms with Crippen LogP contribution in [0, 0.1) is 0 Å². The maximum atomic E-state index is 12.6. The van der Waals surface area contributed by atoms with Crippen LogP contribution in [0.1, 0.15) is 15.6 Å². The second-order valence-corrected chi connectivity index (χ2v) is 7.66. The summed E-state index contributed by atoms with van der Waals surface area (Å²) in [6.45, 7) is 0.856. The number of carbonyl (C=O) groups excluding carboxylic acids is 1. The monoisotopic (exact) mass is 419 g/mol. The van der Waals surface area contributed by atoms with Crippen molar-refractivity contribution in [3.05, 3.63) is 38.5 Å². The molecule has 6 nitrogen and oxygen atoms in total. The van der Waals surface area contributed by atoms with Crippen molar-refractivity contribution < 1.29 is 18.0 Å². The van der Waals surface area contributed by atoms with Crippen molar-refractivity contribution in [1.82, 2.24) is 20.5 Å². The number of rotatable bonds is 7. The van der Waals surface area contributed by atoms with Gasteiger partial charge in [0.05, 0.1) is 11.6 Å². The summed E-state index contributed by atoms with van der Waals surface area (Å²) in [5, 5.41) is 9.50. The van der Waals surface area contributed by atoms with E-state index in [0.717, 1.165) is 21.6 Å². The number of nitrogens with one attached hydrogen (secondary N) is 2. The molecule has 0 bridgehead atoms. The minimum atomic E-state index is -4.43. The third kappa shape index (κ3) is 7.18. The number of likely N-dealkylation sites (N-methyl/N-ethyl adjacent to an activating group) is 1. The summed E-state index contributed by atoms with van der Waals surface area (Å²) >= 11 is 2.56. The smallest absolute Gasteiger partial charge is 0.356 e. The molecule has 0 saturated heterocycles. The zero-order valence-corrected chi connectivity index (χ0v) is 16.5. The van der Waals surface area contributed by atoms with Crippen LogP contribution in [0.4, 0.5) is 13.2 Å². The molecule has 2 N–H and O–H groups in total. The standard InChI is InChI=1S/C16H20F3N5OS2/c1-24(2)14(25)9-22-15(21-8-11-4-3-7-26-11)20-6-5-13-23-12(10-27-13)16(17,18)19/h3-4,7,10H,5-6,8-9H2,1-2H3,(H2,20,21,22). The lowest BCUT2D eigenvalue weighted by Crippen LogP contribution is -2.39. The van der Waals surface area contributed by atoms with E-state index in [0.29, 0.717) is 30.5 Å². The average molecular weight is 419 g/mol. The molecule has 148 valence electrons. The van der Waals surface area contributed by atoms with E-state index in [-0.39, 0.29) is 12.5 Å². The first-order chi connectivity index (χ1) is 12.8. The van der Waals surface area contributed by atoms with Crippen LogP contribution >= 0.6 is 22.7 Å². The lowest BCUT2D eigenvalue weighted by molar-refractivity contribution is -0.140. The summed E-state index contributed by atoms with van der Waals surface area (Å²) in [4.78, 5) is 22.1. The van der Waals surface area contributed by atoms with E-state index >= 15 is 0 Å². The molecule has 0 aliphatic carbocycles. The molecule has 0 aromatic carbocycles. The van der Waals surface area contributed by atoms with Crippen molar-refractivity contribution in [3.8, 4) is 0 Å². The molecule has 0 radical (unpaired) electrons. The molecule has 0 unspecified atom stereocenters. The van der Waals surface area contributed by atoms with Crippen molar-refractivity contribution in [3.63, 3.8) is 0 Å². The number of hydrogen-bond acceptors (Lipinski definition) is 5. The molecule has 11 heteroatoms. The number of amides is 1. The minimum Gasteiger partial charge on any atom is -0.356 e. The van der Waals surface area contributed by atoms with E-state index in [4.69, 9.17) is 0 Å². The Labute approximate surface area is 163 Å². The van der Waals surface area contributed by atoms with Gasteiger partial charge in [-0.15, -0.1) is 22.7 Å². The second-order valence-electron chi connectivity index (χ2n) is 5.69. The van der Waals surface area contributed by atoms with Crippen LogP contribution in [-0.2, 0) is 23.9 Å². The molecule has 0 saturated carbocycles. The quantitative estimate of drug-likeness (QED) is 0.535. The van der Waals surface area contributed by atoms with Crippen LogP contribution in [0.25, 0.3) is 0 Å². The first-order valence-corrected chi connectivity index (χ1v) is 9.78. The number of halogens is 3. The fourth-order valence-electron chi connectivity index (χ4n) is 1.89. The fourth-order valence-corrected chi connectivity index (χ4v) is 3.34. The summed E-state index contributed by atoms with van der Waals surface area (Å²) in [7, 11) is 3.29. The molecular weight excluding hydrogens is 399 g/mol. The van der Waals surface area contributed by atoms with Crippen molar-refractivity contribution in [2.45, 2.75) is 19.1 Å². The van der Waals surface area contributed by atoms with Gasteiger partial charge in [-0.05, 0) is 11.4 Å². The Kier molecular flexibility index (Phi) is 7.60. The highest BCUT2D eigenvalue weighted by Crippen LogP contribution is 2.29. The molecule has 2 aromatic heterocycles. The Balaban J connectivity index is 1.91. The lowest BCUT2D eigenvalue weighted by Gasteiger charge is -2.13. The van der Waals surface area contributed by atoms with E-state index in [1.165, 1.54) is 4.90 Å². The number of aliphatic imine (C=N–C) groups is 1. The van der Waals surface area contributed by atoms with Gasteiger partial charge in [0.25, 0.3) is 0 Å². The Morgan fingerprint density at radius 1 is 1.30 bits per heavy atom.